The summed E-state index contributed by atoms with van der Waals surface area (Å²) in [7, 11) is 0. The smallest absolute Gasteiger partial charge is 0.344 e. The van der Waals surface area contributed by atoms with E-state index in [0.717, 1.165) is 0 Å². The minimum absolute atomic E-state index is 0.278. The van der Waals surface area contributed by atoms with Crippen LogP contribution in [0.4, 0.5) is 0 Å². The number of benzene rings is 2. The fourth-order valence-corrected chi connectivity index (χ4v) is 1.91. The fraction of sp³-hybridized carbons (Fsp3) is 0.176. The van der Waals surface area contributed by atoms with E-state index < -0.39 is 24.1 Å². The molecule has 0 fully saturated rings. The zero-order chi connectivity index (χ0) is 17.5. The monoisotopic (exact) mass is 331 g/mol. The van der Waals surface area contributed by atoms with E-state index in [1.165, 1.54) is 0 Å². The molecule has 0 aliphatic heterocycles. The zero-order valence-corrected chi connectivity index (χ0v) is 12.7. The molecule has 0 unspecified atom stereocenters. The summed E-state index contributed by atoms with van der Waals surface area (Å²) in [4.78, 5) is 21.9. The molecule has 0 aromatic heterocycles. The molecule has 0 bridgehead atoms. The molecule has 2 aromatic carbocycles. The molecule has 0 aliphatic carbocycles. The van der Waals surface area contributed by atoms with Crippen molar-refractivity contribution in [3.63, 3.8) is 0 Å². The number of carbonyl (C=O) groups is 2. The number of aliphatic carboxylic acids is 2. The van der Waals surface area contributed by atoms with Crippen molar-refractivity contribution in [2.75, 3.05) is 0 Å². The van der Waals surface area contributed by atoms with E-state index in [1.54, 1.807) is 36.4 Å². The van der Waals surface area contributed by atoms with E-state index >= 15 is 0 Å². The highest BCUT2D eigenvalue weighted by atomic mass is 16.5. The first-order valence-corrected chi connectivity index (χ1v) is 7.16. The summed E-state index contributed by atoms with van der Waals surface area (Å²) >= 11 is 0. The fourth-order valence-electron chi connectivity index (χ4n) is 1.91. The van der Waals surface area contributed by atoms with E-state index in [1.807, 2.05) is 18.2 Å². The predicted octanol–water partition coefficient (Wildman–Crippen LogP) is 2.11. The molecule has 0 spiro atoms. The van der Waals surface area contributed by atoms with Gasteiger partial charge in [-0.1, -0.05) is 18.2 Å². The number of hydrogen-bond donors (Lipinski definition) is 3. The molecule has 2 aromatic rings. The van der Waals surface area contributed by atoms with Crippen LogP contribution in [0.2, 0.25) is 0 Å². The lowest BCUT2D eigenvalue weighted by Gasteiger charge is -2.17. The number of para-hydroxylation sites is 1. The number of rotatable bonds is 8. The van der Waals surface area contributed by atoms with Gasteiger partial charge in [0.25, 0.3) is 0 Å². The maximum Gasteiger partial charge on any atom is 0.344 e. The molecule has 0 radical (unpaired) electrons. The highest BCUT2D eigenvalue weighted by molar-refractivity contribution is 5.77. The second-order valence-electron chi connectivity index (χ2n) is 5.01. The van der Waals surface area contributed by atoms with Gasteiger partial charge in [0.15, 0.2) is 6.10 Å². The summed E-state index contributed by atoms with van der Waals surface area (Å²) in [5.41, 5.74) is 5.36. The lowest BCUT2D eigenvalue weighted by Crippen LogP contribution is -2.39. The van der Waals surface area contributed by atoms with Crippen molar-refractivity contribution >= 4 is 11.9 Å². The lowest BCUT2D eigenvalue weighted by molar-refractivity contribution is -0.146. The molecule has 7 nitrogen and oxygen atoms in total. The van der Waals surface area contributed by atoms with Crippen LogP contribution in [-0.4, -0.2) is 34.3 Å². The molecule has 0 heterocycles. The molecule has 0 aliphatic rings. The van der Waals surface area contributed by atoms with Crippen molar-refractivity contribution in [2.24, 2.45) is 5.73 Å². The van der Waals surface area contributed by atoms with Gasteiger partial charge >= 0.3 is 11.9 Å². The van der Waals surface area contributed by atoms with Gasteiger partial charge in [0.05, 0.1) is 0 Å². The van der Waals surface area contributed by atoms with Crippen LogP contribution < -0.4 is 15.2 Å². The van der Waals surface area contributed by atoms with Crippen LogP contribution >= 0.6 is 0 Å². The van der Waals surface area contributed by atoms with E-state index in [2.05, 4.69) is 0 Å². The van der Waals surface area contributed by atoms with Gasteiger partial charge in [-0.05, 0) is 36.4 Å². The first-order chi connectivity index (χ1) is 11.5. The summed E-state index contributed by atoms with van der Waals surface area (Å²) in [6.45, 7) is 0. The molecule has 7 heteroatoms. The van der Waals surface area contributed by atoms with Gasteiger partial charge in [-0.25, -0.2) is 4.79 Å². The Morgan fingerprint density at radius 1 is 0.875 bits per heavy atom. The average Bonchev–Trinajstić information content (AvgIpc) is 2.56. The van der Waals surface area contributed by atoms with Crippen LogP contribution in [0.3, 0.4) is 0 Å². The molecule has 0 amide bonds. The van der Waals surface area contributed by atoms with E-state index in [9.17, 15) is 9.59 Å². The van der Waals surface area contributed by atoms with Crippen LogP contribution in [0.25, 0.3) is 0 Å². The number of carboxylic acids is 2. The molecular formula is C17H17NO6. The van der Waals surface area contributed by atoms with Gasteiger partial charge in [0.1, 0.15) is 23.3 Å². The molecule has 0 saturated heterocycles. The third kappa shape index (κ3) is 4.99. The van der Waals surface area contributed by atoms with Gasteiger partial charge in [-0.2, -0.15) is 0 Å². The van der Waals surface area contributed by atoms with Crippen LogP contribution in [0, 0.1) is 0 Å². The Hall–Kier alpha value is -3.06. The molecule has 0 saturated carbocycles. The van der Waals surface area contributed by atoms with Gasteiger partial charge in [0, 0.05) is 6.42 Å². The van der Waals surface area contributed by atoms with Crippen LogP contribution in [0.5, 0.6) is 17.2 Å². The summed E-state index contributed by atoms with van der Waals surface area (Å²) < 4.78 is 10.9. The van der Waals surface area contributed by atoms with Crippen LogP contribution in [0.1, 0.15) is 6.42 Å². The summed E-state index contributed by atoms with van der Waals surface area (Å²) in [5, 5.41) is 17.9. The Bertz CT molecular complexity index is 686. The normalized spacial score (nSPS) is 12.9. The Morgan fingerprint density at radius 3 is 1.96 bits per heavy atom. The number of carboxylic acid groups (broad SMARTS) is 2. The predicted molar refractivity (Wildman–Crippen MR) is 85.2 cm³/mol. The zero-order valence-electron chi connectivity index (χ0n) is 12.7. The van der Waals surface area contributed by atoms with E-state index in [-0.39, 0.29) is 12.2 Å². The topological polar surface area (TPSA) is 119 Å². The highest BCUT2D eigenvalue weighted by Crippen LogP contribution is 2.24. The quantitative estimate of drug-likeness (QED) is 0.677. The van der Waals surface area contributed by atoms with Gasteiger partial charge < -0.3 is 25.4 Å². The van der Waals surface area contributed by atoms with E-state index in [0.29, 0.717) is 11.5 Å². The molecule has 2 atom stereocenters. The Kier molecular flexibility index (Phi) is 5.75. The summed E-state index contributed by atoms with van der Waals surface area (Å²) in [6, 6.07) is 14.2. The molecule has 4 N–H and O–H groups in total. The summed E-state index contributed by atoms with van der Waals surface area (Å²) in [6.07, 6.45) is -1.69. The first-order valence-electron chi connectivity index (χ1n) is 7.16. The first kappa shape index (κ1) is 17.3. The van der Waals surface area contributed by atoms with Crippen molar-refractivity contribution in [2.45, 2.75) is 18.6 Å². The second-order valence-corrected chi connectivity index (χ2v) is 5.01. The third-order valence-electron chi connectivity index (χ3n) is 3.14. The SMILES string of the molecule is N[C@H](C[C@H](Oc1ccc(Oc2ccccc2)cc1)C(=O)O)C(=O)O. The Labute approximate surface area is 138 Å². The van der Waals surface area contributed by atoms with Crippen LogP contribution in [0.15, 0.2) is 54.6 Å². The van der Waals surface area contributed by atoms with Crippen molar-refractivity contribution in [3.05, 3.63) is 54.6 Å². The van der Waals surface area contributed by atoms with Crippen LogP contribution in [-0.2, 0) is 9.59 Å². The standard InChI is InChI=1S/C17H17NO6/c18-14(16(19)20)10-15(17(21)22)24-13-8-6-12(7-9-13)23-11-4-2-1-3-5-11/h1-9,14-15H,10,18H2,(H,19,20)(H,21,22)/t14-,15+/m1/s1. The maximum atomic E-state index is 11.2. The minimum Gasteiger partial charge on any atom is -0.480 e. The molecular weight excluding hydrogens is 314 g/mol. The van der Waals surface area contributed by atoms with Crippen molar-refractivity contribution in [1.29, 1.82) is 0 Å². The largest absolute Gasteiger partial charge is 0.480 e. The Morgan fingerprint density at radius 2 is 1.42 bits per heavy atom. The second kappa shape index (κ2) is 7.98. The van der Waals surface area contributed by atoms with Gasteiger partial charge in [-0.3, -0.25) is 4.79 Å². The maximum absolute atomic E-state index is 11.2. The van der Waals surface area contributed by atoms with Crippen molar-refractivity contribution in [1.82, 2.24) is 0 Å². The van der Waals surface area contributed by atoms with Crippen molar-refractivity contribution in [3.8, 4) is 17.2 Å². The number of nitrogens with two attached hydrogens (primary N) is 1. The number of hydrogen-bond acceptors (Lipinski definition) is 5. The average molecular weight is 331 g/mol. The highest BCUT2D eigenvalue weighted by Gasteiger charge is 2.26. The molecule has 2 rings (SSSR count). The Balaban J connectivity index is 2.01. The van der Waals surface area contributed by atoms with E-state index in [4.69, 9.17) is 25.4 Å². The third-order valence-corrected chi connectivity index (χ3v) is 3.14. The molecule has 126 valence electrons. The molecule has 24 heavy (non-hydrogen) atoms. The lowest BCUT2D eigenvalue weighted by atomic mass is 10.1. The van der Waals surface area contributed by atoms with Gasteiger partial charge in [-0.15, -0.1) is 0 Å². The minimum atomic E-state index is -1.35. The number of ether oxygens (including phenoxy) is 2. The summed E-state index contributed by atoms with van der Waals surface area (Å²) in [5.74, 6) is -1.06. The van der Waals surface area contributed by atoms with Crippen molar-refractivity contribution < 1.29 is 29.3 Å². The van der Waals surface area contributed by atoms with Gasteiger partial charge in [0.2, 0.25) is 0 Å².